The summed E-state index contributed by atoms with van der Waals surface area (Å²) >= 11 is 6.14. The van der Waals surface area contributed by atoms with Crippen LogP contribution in [0.5, 0.6) is 5.75 Å². The molecule has 1 aliphatic rings. The Morgan fingerprint density at radius 1 is 0.933 bits per heavy atom. The molecular formula is C24H20ClNO4. The maximum absolute atomic E-state index is 12.5. The number of carbonyl (C=O) groups excluding carboxylic acids is 2. The predicted octanol–water partition coefficient (Wildman–Crippen LogP) is 6.02. The van der Waals surface area contributed by atoms with Gasteiger partial charge in [0.05, 0.1) is 10.7 Å². The average Bonchev–Trinajstić information content (AvgIpc) is 3.08. The Morgan fingerprint density at radius 2 is 1.57 bits per heavy atom. The number of anilines is 1. The first kappa shape index (κ1) is 20.0. The molecule has 6 heteroatoms. The summed E-state index contributed by atoms with van der Waals surface area (Å²) in [5, 5.41) is 2.86. The van der Waals surface area contributed by atoms with Crippen molar-refractivity contribution in [2.45, 2.75) is 19.3 Å². The summed E-state index contributed by atoms with van der Waals surface area (Å²) < 4.78 is 10.8. The van der Waals surface area contributed by atoms with Gasteiger partial charge in [0.25, 0.3) is 0 Å². The van der Waals surface area contributed by atoms with Crippen LogP contribution in [-0.2, 0) is 9.53 Å². The van der Waals surface area contributed by atoms with E-state index in [1.807, 2.05) is 24.3 Å². The van der Waals surface area contributed by atoms with Gasteiger partial charge in [-0.15, -0.1) is 0 Å². The quantitative estimate of drug-likeness (QED) is 0.404. The van der Waals surface area contributed by atoms with Crippen molar-refractivity contribution in [1.82, 2.24) is 0 Å². The zero-order valence-corrected chi connectivity index (χ0v) is 17.1. The second kappa shape index (κ2) is 8.59. The number of rotatable bonds is 5. The Hall–Kier alpha value is -3.31. The first-order chi connectivity index (χ1) is 14.6. The van der Waals surface area contributed by atoms with Crippen LogP contribution in [0, 0.1) is 0 Å². The van der Waals surface area contributed by atoms with Crippen molar-refractivity contribution in [1.29, 1.82) is 0 Å². The molecule has 1 aliphatic carbocycles. The molecule has 0 aliphatic heterocycles. The van der Waals surface area contributed by atoms with E-state index in [0.717, 1.165) is 22.3 Å². The number of nitrogens with one attached hydrogen (secondary N) is 1. The lowest BCUT2D eigenvalue weighted by Gasteiger charge is -2.16. The van der Waals surface area contributed by atoms with Gasteiger partial charge in [0, 0.05) is 12.3 Å². The highest BCUT2D eigenvalue weighted by molar-refractivity contribution is 6.32. The fourth-order valence-electron chi connectivity index (χ4n) is 3.64. The molecule has 0 fully saturated rings. The van der Waals surface area contributed by atoms with Crippen molar-refractivity contribution < 1.29 is 19.1 Å². The number of para-hydroxylation sites is 1. The van der Waals surface area contributed by atoms with Crippen LogP contribution >= 0.6 is 11.6 Å². The van der Waals surface area contributed by atoms with Gasteiger partial charge < -0.3 is 9.47 Å². The summed E-state index contributed by atoms with van der Waals surface area (Å²) in [4.78, 5) is 24.2. The van der Waals surface area contributed by atoms with Crippen LogP contribution < -0.4 is 10.1 Å². The lowest BCUT2D eigenvalue weighted by molar-refractivity contribution is -0.133. The summed E-state index contributed by atoms with van der Waals surface area (Å²) in [6, 6.07) is 21.1. The van der Waals surface area contributed by atoms with Crippen molar-refractivity contribution >= 4 is 29.4 Å². The van der Waals surface area contributed by atoms with E-state index < -0.39 is 12.1 Å². The highest BCUT2D eigenvalue weighted by Crippen LogP contribution is 2.44. The number of hydrogen-bond donors (Lipinski definition) is 1. The first-order valence-corrected chi connectivity index (χ1v) is 10.1. The van der Waals surface area contributed by atoms with Crippen molar-refractivity contribution in [3.63, 3.8) is 0 Å². The van der Waals surface area contributed by atoms with Crippen molar-refractivity contribution in [2.24, 2.45) is 0 Å². The van der Waals surface area contributed by atoms with Gasteiger partial charge in [-0.2, -0.15) is 0 Å². The molecule has 0 atom stereocenters. The fourth-order valence-corrected chi connectivity index (χ4v) is 3.85. The number of hydrogen-bond acceptors (Lipinski definition) is 4. The maximum Gasteiger partial charge on any atom is 0.411 e. The highest BCUT2D eigenvalue weighted by Gasteiger charge is 2.29. The van der Waals surface area contributed by atoms with E-state index in [1.165, 1.54) is 0 Å². The van der Waals surface area contributed by atoms with Crippen LogP contribution in [0.4, 0.5) is 10.5 Å². The Kier molecular flexibility index (Phi) is 5.72. The van der Waals surface area contributed by atoms with Gasteiger partial charge in [0.1, 0.15) is 6.61 Å². The van der Waals surface area contributed by atoms with Crippen molar-refractivity contribution in [3.05, 3.63) is 82.9 Å². The van der Waals surface area contributed by atoms with Crippen LogP contribution in [0.25, 0.3) is 11.1 Å². The van der Waals surface area contributed by atoms with Crippen LogP contribution in [0.15, 0.2) is 66.7 Å². The molecule has 152 valence electrons. The van der Waals surface area contributed by atoms with E-state index in [-0.39, 0.29) is 35.4 Å². The van der Waals surface area contributed by atoms with Crippen LogP contribution in [0.3, 0.4) is 0 Å². The normalized spacial score (nSPS) is 12.1. The lowest BCUT2D eigenvalue weighted by Crippen LogP contribution is -2.19. The van der Waals surface area contributed by atoms with E-state index in [1.54, 1.807) is 25.1 Å². The number of halogens is 1. The minimum Gasteiger partial charge on any atom is -0.448 e. The standard InChI is InChI=1S/C24H20ClNO4/c1-2-22(27)30-23-20(25)12-7-13-21(23)26-24(28)29-14-19-17-10-5-3-8-15(17)16-9-4-6-11-18(16)19/h3-13,19H,2,14H2,1H3,(H,26,28). The largest absolute Gasteiger partial charge is 0.448 e. The number of benzene rings is 3. The molecule has 3 aromatic carbocycles. The Balaban J connectivity index is 1.49. The van der Waals surface area contributed by atoms with Gasteiger partial charge in [0.2, 0.25) is 0 Å². The second-order valence-electron chi connectivity index (χ2n) is 6.89. The van der Waals surface area contributed by atoms with Gasteiger partial charge >= 0.3 is 12.1 Å². The smallest absolute Gasteiger partial charge is 0.411 e. The van der Waals surface area contributed by atoms with E-state index in [4.69, 9.17) is 21.1 Å². The Morgan fingerprint density at radius 3 is 2.20 bits per heavy atom. The first-order valence-electron chi connectivity index (χ1n) is 9.69. The van der Waals surface area contributed by atoms with Gasteiger partial charge in [-0.25, -0.2) is 4.79 Å². The third-order valence-corrected chi connectivity index (χ3v) is 5.35. The van der Waals surface area contributed by atoms with Crippen LogP contribution in [0.1, 0.15) is 30.4 Å². The summed E-state index contributed by atoms with van der Waals surface area (Å²) in [5.74, 6) is -0.377. The maximum atomic E-state index is 12.5. The molecule has 0 unspecified atom stereocenters. The predicted molar refractivity (Wildman–Crippen MR) is 116 cm³/mol. The molecule has 0 saturated carbocycles. The van der Waals surface area contributed by atoms with E-state index >= 15 is 0 Å². The SMILES string of the molecule is CCC(=O)Oc1c(Cl)cccc1NC(=O)OCC1c2ccccc2-c2ccccc21. The van der Waals surface area contributed by atoms with Crippen molar-refractivity contribution in [2.75, 3.05) is 11.9 Å². The second-order valence-corrected chi connectivity index (χ2v) is 7.30. The van der Waals surface area contributed by atoms with Crippen molar-refractivity contribution in [3.8, 4) is 16.9 Å². The van der Waals surface area contributed by atoms with Crippen LogP contribution in [0.2, 0.25) is 5.02 Å². The summed E-state index contributed by atoms with van der Waals surface area (Å²) in [7, 11) is 0. The van der Waals surface area contributed by atoms with E-state index in [9.17, 15) is 9.59 Å². The summed E-state index contributed by atoms with van der Waals surface area (Å²) in [6.07, 6.45) is -0.455. The Bertz CT molecular complexity index is 1070. The molecule has 1 N–H and O–H groups in total. The molecule has 4 rings (SSSR count). The minimum atomic E-state index is -0.645. The molecule has 0 radical (unpaired) electrons. The van der Waals surface area contributed by atoms with Gasteiger partial charge in [-0.05, 0) is 34.4 Å². The summed E-state index contributed by atoms with van der Waals surface area (Å²) in [6.45, 7) is 1.86. The summed E-state index contributed by atoms with van der Waals surface area (Å²) in [5.41, 5.74) is 4.86. The lowest BCUT2D eigenvalue weighted by atomic mass is 9.98. The molecule has 0 spiro atoms. The minimum absolute atomic E-state index is 0.0418. The molecule has 0 bridgehead atoms. The molecule has 1 amide bonds. The Labute approximate surface area is 179 Å². The van der Waals surface area contributed by atoms with Crippen LogP contribution in [-0.4, -0.2) is 18.7 Å². The molecule has 3 aromatic rings. The topological polar surface area (TPSA) is 64.6 Å². The number of fused-ring (bicyclic) bond motifs is 3. The average molecular weight is 422 g/mol. The van der Waals surface area contributed by atoms with Gasteiger partial charge in [0.15, 0.2) is 5.75 Å². The molecule has 0 aromatic heterocycles. The zero-order chi connectivity index (χ0) is 21.1. The van der Waals surface area contributed by atoms with Gasteiger partial charge in [-0.1, -0.05) is 73.1 Å². The third-order valence-electron chi connectivity index (χ3n) is 5.05. The fraction of sp³-hybridized carbons (Fsp3) is 0.167. The molecule has 0 saturated heterocycles. The highest BCUT2D eigenvalue weighted by atomic mass is 35.5. The molecule has 5 nitrogen and oxygen atoms in total. The molecule has 0 heterocycles. The monoisotopic (exact) mass is 421 g/mol. The zero-order valence-electron chi connectivity index (χ0n) is 16.4. The van der Waals surface area contributed by atoms with E-state index in [0.29, 0.717) is 0 Å². The number of carbonyl (C=O) groups is 2. The number of ether oxygens (including phenoxy) is 2. The number of esters is 1. The number of amides is 1. The molecule has 30 heavy (non-hydrogen) atoms. The van der Waals surface area contributed by atoms with Gasteiger partial charge in [-0.3, -0.25) is 10.1 Å². The van der Waals surface area contributed by atoms with E-state index in [2.05, 4.69) is 29.6 Å². The molecular weight excluding hydrogens is 402 g/mol. The third kappa shape index (κ3) is 3.89.